The summed E-state index contributed by atoms with van der Waals surface area (Å²) in [5, 5.41) is 7.15. The molecule has 0 aliphatic carbocycles. The van der Waals surface area contributed by atoms with Gasteiger partial charge < -0.3 is 4.90 Å². The molecule has 26 heavy (non-hydrogen) atoms. The summed E-state index contributed by atoms with van der Waals surface area (Å²) in [6.45, 7) is 0. The first-order valence-corrected chi connectivity index (χ1v) is 8.97. The molecule has 0 N–H and O–H groups in total. The van der Waals surface area contributed by atoms with E-state index in [-0.39, 0.29) is 6.04 Å². The van der Waals surface area contributed by atoms with Crippen molar-refractivity contribution in [1.82, 2.24) is 0 Å². The smallest absolute Gasteiger partial charge is 0.0831 e. The first-order valence-electron chi connectivity index (χ1n) is 8.97. The average Bonchev–Trinajstić information content (AvgIpc) is 3.15. The molecule has 3 aromatic carbocycles. The van der Waals surface area contributed by atoms with Crippen molar-refractivity contribution < 1.29 is 0 Å². The summed E-state index contributed by atoms with van der Waals surface area (Å²) >= 11 is 0. The molecule has 1 aliphatic rings. The molecular weight excluding hydrogens is 318 g/mol. The van der Waals surface area contributed by atoms with Gasteiger partial charge in [-0.3, -0.25) is 5.01 Å². The summed E-state index contributed by atoms with van der Waals surface area (Å²) in [7, 11) is 4.12. The van der Waals surface area contributed by atoms with E-state index < -0.39 is 0 Å². The van der Waals surface area contributed by atoms with Gasteiger partial charge in [0.1, 0.15) is 0 Å². The number of nitrogens with zero attached hydrogens (tertiary/aromatic N) is 3. The maximum atomic E-state index is 5.00. The molecule has 0 fully saturated rings. The van der Waals surface area contributed by atoms with Crippen molar-refractivity contribution in [3.8, 4) is 0 Å². The molecule has 0 saturated heterocycles. The molecule has 1 atom stereocenters. The van der Waals surface area contributed by atoms with Crippen molar-refractivity contribution in [2.45, 2.75) is 12.5 Å². The number of rotatable bonds is 4. The van der Waals surface area contributed by atoms with E-state index in [1.807, 2.05) is 6.07 Å². The van der Waals surface area contributed by atoms with E-state index in [9.17, 15) is 0 Å². The molecular formula is C23H23N3. The maximum absolute atomic E-state index is 5.00. The van der Waals surface area contributed by atoms with Crippen LogP contribution in [0.4, 0.5) is 11.4 Å². The Hall–Kier alpha value is -3.07. The molecule has 4 rings (SSSR count). The first kappa shape index (κ1) is 16.4. The van der Waals surface area contributed by atoms with Gasteiger partial charge in [-0.25, -0.2) is 0 Å². The zero-order valence-electron chi connectivity index (χ0n) is 15.2. The molecule has 3 nitrogen and oxygen atoms in total. The van der Waals surface area contributed by atoms with Crippen LogP contribution in [0.2, 0.25) is 0 Å². The van der Waals surface area contributed by atoms with Gasteiger partial charge >= 0.3 is 0 Å². The Kier molecular flexibility index (Phi) is 4.44. The number of benzene rings is 3. The quantitative estimate of drug-likeness (QED) is 0.657. The van der Waals surface area contributed by atoms with E-state index in [0.29, 0.717) is 0 Å². The fourth-order valence-corrected chi connectivity index (χ4v) is 3.39. The van der Waals surface area contributed by atoms with Crippen LogP contribution in [-0.2, 0) is 0 Å². The fraction of sp³-hybridized carbons (Fsp3) is 0.174. The molecule has 0 saturated carbocycles. The summed E-state index contributed by atoms with van der Waals surface area (Å²) in [4.78, 5) is 2.11. The molecule has 3 aromatic rings. The predicted molar refractivity (Wildman–Crippen MR) is 110 cm³/mol. The Balaban J connectivity index is 1.70. The van der Waals surface area contributed by atoms with Gasteiger partial charge in [0.05, 0.1) is 17.4 Å². The van der Waals surface area contributed by atoms with Crippen molar-refractivity contribution in [2.24, 2.45) is 5.10 Å². The SMILES string of the molecule is CN(C)c1ccc(C2=NN(c3ccccc3)C(c3ccccc3)C2)cc1. The lowest BCUT2D eigenvalue weighted by Gasteiger charge is -2.23. The maximum Gasteiger partial charge on any atom is 0.0831 e. The van der Waals surface area contributed by atoms with Crippen LogP contribution in [-0.4, -0.2) is 19.8 Å². The summed E-state index contributed by atoms with van der Waals surface area (Å²) in [6.07, 6.45) is 0.903. The molecule has 1 aliphatic heterocycles. The third-order valence-corrected chi connectivity index (χ3v) is 4.83. The van der Waals surface area contributed by atoms with E-state index in [2.05, 4.69) is 103 Å². The van der Waals surface area contributed by atoms with E-state index >= 15 is 0 Å². The van der Waals surface area contributed by atoms with Gasteiger partial charge in [-0.15, -0.1) is 0 Å². The fourth-order valence-electron chi connectivity index (χ4n) is 3.39. The monoisotopic (exact) mass is 341 g/mol. The van der Waals surface area contributed by atoms with Gasteiger partial charge in [0, 0.05) is 26.2 Å². The van der Waals surface area contributed by atoms with E-state index in [1.165, 1.54) is 16.8 Å². The van der Waals surface area contributed by atoms with E-state index in [0.717, 1.165) is 17.8 Å². The minimum atomic E-state index is 0.224. The van der Waals surface area contributed by atoms with Crippen LogP contribution in [0, 0.1) is 0 Å². The van der Waals surface area contributed by atoms with Crippen LogP contribution in [0.1, 0.15) is 23.6 Å². The summed E-state index contributed by atoms with van der Waals surface area (Å²) < 4.78 is 0. The number of hydrazone groups is 1. The minimum Gasteiger partial charge on any atom is -0.378 e. The number of para-hydroxylation sites is 1. The van der Waals surface area contributed by atoms with Crippen LogP contribution in [0.15, 0.2) is 90.0 Å². The Morgan fingerprint density at radius 1 is 0.808 bits per heavy atom. The summed E-state index contributed by atoms with van der Waals surface area (Å²) in [5.41, 5.74) is 5.94. The normalized spacial score (nSPS) is 16.5. The van der Waals surface area contributed by atoms with Crippen LogP contribution in [0.5, 0.6) is 0 Å². The number of anilines is 2. The molecule has 0 aromatic heterocycles. The molecule has 0 bridgehead atoms. The zero-order chi connectivity index (χ0) is 17.9. The van der Waals surface area contributed by atoms with Gasteiger partial charge in [0.2, 0.25) is 0 Å². The van der Waals surface area contributed by atoms with Crippen LogP contribution in [0.3, 0.4) is 0 Å². The van der Waals surface area contributed by atoms with Crippen molar-refractivity contribution in [2.75, 3.05) is 24.0 Å². The second-order valence-corrected chi connectivity index (χ2v) is 6.80. The van der Waals surface area contributed by atoms with Crippen LogP contribution >= 0.6 is 0 Å². The molecule has 0 spiro atoms. The van der Waals surface area contributed by atoms with Gasteiger partial charge in [0.15, 0.2) is 0 Å². The van der Waals surface area contributed by atoms with E-state index in [1.54, 1.807) is 0 Å². The summed E-state index contributed by atoms with van der Waals surface area (Å²) in [6, 6.07) is 29.9. The van der Waals surface area contributed by atoms with E-state index in [4.69, 9.17) is 5.10 Å². The van der Waals surface area contributed by atoms with Crippen molar-refractivity contribution in [3.05, 3.63) is 96.1 Å². The third-order valence-electron chi connectivity index (χ3n) is 4.83. The Morgan fingerprint density at radius 3 is 2.04 bits per heavy atom. The topological polar surface area (TPSA) is 18.8 Å². The highest BCUT2D eigenvalue weighted by atomic mass is 15.5. The first-order chi connectivity index (χ1) is 12.7. The molecule has 130 valence electrons. The predicted octanol–water partition coefficient (Wildman–Crippen LogP) is 5.11. The zero-order valence-corrected chi connectivity index (χ0v) is 15.2. The van der Waals surface area contributed by atoms with Crippen molar-refractivity contribution in [1.29, 1.82) is 0 Å². The minimum absolute atomic E-state index is 0.224. The molecule has 1 unspecified atom stereocenters. The Morgan fingerprint density at radius 2 is 1.42 bits per heavy atom. The Bertz CT molecular complexity index is 884. The van der Waals surface area contributed by atoms with Gasteiger partial charge in [-0.2, -0.15) is 5.10 Å². The number of hydrogen-bond acceptors (Lipinski definition) is 3. The van der Waals surface area contributed by atoms with Gasteiger partial charge in [-0.1, -0.05) is 60.7 Å². The van der Waals surface area contributed by atoms with Crippen LogP contribution in [0.25, 0.3) is 0 Å². The van der Waals surface area contributed by atoms with Crippen molar-refractivity contribution >= 4 is 17.1 Å². The lowest BCUT2D eigenvalue weighted by Crippen LogP contribution is -2.18. The highest BCUT2D eigenvalue weighted by Gasteiger charge is 2.29. The Labute approximate surface area is 155 Å². The largest absolute Gasteiger partial charge is 0.378 e. The van der Waals surface area contributed by atoms with Crippen LogP contribution < -0.4 is 9.91 Å². The summed E-state index contributed by atoms with van der Waals surface area (Å²) in [5.74, 6) is 0. The lowest BCUT2D eigenvalue weighted by atomic mass is 9.98. The third kappa shape index (κ3) is 3.21. The van der Waals surface area contributed by atoms with Gasteiger partial charge in [0.25, 0.3) is 0 Å². The van der Waals surface area contributed by atoms with Gasteiger partial charge in [-0.05, 0) is 35.4 Å². The standard InChI is InChI=1S/C23H23N3/c1-25(2)20-15-13-18(14-16-20)22-17-23(19-9-5-3-6-10-19)26(24-22)21-11-7-4-8-12-21/h3-16,23H,17H2,1-2H3. The van der Waals surface area contributed by atoms with Crippen molar-refractivity contribution in [3.63, 3.8) is 0 Å². The molecule has 3 heteroatoms. The molecule has 0 amide bonds. The second-order valence-electron chi connectivity index (χ2n) is 6.80. The number of hydrogen-bond donors (Lipinski definition) is 0. The second kappa shape index (κ2) is 7.04. The molecule has 1 heterocycles. The average molecular weight is 341 g/mol. The lowest BCUT2D eigenvalue weighted by molar-refractivity contribution is 0.709. The highest BCUT2D eigenvalue weighted by Crippen LogP contribution is 2.36. The highest BCUT2D eigenvalue weighted by molar-refractivity contribution is 6.03. The molecule has 0 radical (unpaired) electrons.